The minimum atomic E-state index is 1.83. The van der Waals surface area contributed by atoms with Crippen LogP contribution in [0.3, 0.4) is 0 Å². The maximum Gasteiger partial charge on any atom is 0.194 e. The topological polar surface area (TPSA) is 3.24 Å². The Morgan fingerprint density at radius 3 is 1.50 bits per heavy atom. The van der Waals surface area contributed by atoms with Crippen molar-refractivity contribution in [3.05, 3.63) is 0 Å². The molecule has 2 unspecified atom stereocenters. The van der Waals surface area contributed by atoms with Gasteiger partial charge in [-0.05, 0) is 0 Å². The average Bonchev–Trinajstić information content (AvgIpc) is 0.811. The van der Waals surface area contributed by atoms with Gasteiger partial charge < -0.3 is 4.35 Å². The molecule has 0 spiro atoms. The van der Waals surface area contributed by atoms with Crippen LogP contribution in [-0.4, -0.2) is 12.3 Å². The standard InChI is InChI=1S/BH6NP2/c1-2(3)4/h1,3-4H2. The first-order chi connectivity index (χ1) is 1.73. The van der Waals surface area contributed by atoms with Crippen molar-refractivity contribution in [2.45, 2.75) is 0 Å². The smallest absolute Gasteiger partial charge is 0.194 e. The van der Waals surface area contributed by atoms with Gasteiger partial charge in [0.05, 0.1) is 0 Å². The van der Waals surface area contributed by atoms with Gasteiger partial charge in [-0.2, -0.15) is 0 Å². The van der Waals surface area contributed by atoms with Crippen LogP contribution in [0.25, 0.3) is 0 Å². The molecular formula is H6BNP2. The molecule has 0 aliphatic carbocycles. The first-order valence-corrected chi connectivity index (χ1v) is 2.00. The van der Waals surface area contributed by atoms with Gasteiger partial charge in [0.2, 0.25) is 0 Å². The van der Waals surface area contributed by atoms with Crippen LogP contribution in [0.1, 0.15) is 0 Å². The molecule has 0 saturated carbocycles. The van der Waals surface area contributed by atoms with Crippen molar-refractivity contribution in [2.24, 2.45) is 0 Å². The Hall–Kier alpha value is 0.885. The van der Waals surface area contributed by atoms with Gasteiger partial charge in [0.25, 0.3) is 0 Å². The van der Waals surface area contributed by atoms with Gasteiger partial charge in [-0.1, -0.05) is 18.8 Å². The molecule has 4 heavy (non-hydrogen) atoms. The lowest BCUT2D eigenvalue weighted by molar-refractivity contribution is 1.26. The lowest BCUT2D eigenvalue weighted by atomic mass is 10.5. The summed E-state index contributed by atoms with van der Waals surface area (Å²) in [6, 6.07) is 0. The van der Waals surface area contributed by atoms with Crippen LogP contribution in [0, 0.1) is 0 Å². The first-order valence-electron chi connectivity index (χ1n) is 0.964. The highest BCUT2D eigenvalue weighted by Crippen LogP contribution is 1.95. The summed E-state index contributed by atoms with van der Waals surface area (Å²) in [6.45, 7) is 0. The molecule has 0 aromatic carbocycles. The van der Waals surface area contributed by atoms with Crippen molar-refractivity contribution in [3.8, 4) is 0 Å². The molecule has 0 amide bonds. The molecule has 0 aliphatic heterocycles. The largest absolute Gasteiger partial charge is 0.317 e. The maximum atomic E-state index is 2.45. The molecule has 1 nitrogen and oxygen atoms in total. The van der Waals surface area contributed by atoms with Crippen LogP contribution < -0.4 is 0 Å². The van der Waals surface area contributed by atoms with E-state index in [4.69, 9.17) is 0 Å². The molecular weight excluding hydrogens is 86.8 g/mol. The quantitative estimate of drug-likeness (QED) is 0.286. The van der Waals surface area contributed by atoms with E-state index in [0.717, 1.165) is 0 Å². The molecule has 0 rings (SSSR count). The predicted molar refractivity (Wildman–Crippen MR) is 29.8 cm³/mol. The van der Waals surface area contributed by atoms with Gasteiger partial charge >= 0.3 is 0 Å². The highest BCUT2D eigenvalue weighted by molar-refractivity contribution is 7.33. The van der Waals surface area contributed by atoms with Gasteiger partial charge in [0.1, 0.15) is 0 Å². The van der Waals surface area contributed by atoms with E-state index in [-0.39, 0.29) is 0 Å². The van der Waals surface area contributed by atoms with Crippen molar-refractivity contribution in [1.29, 1.82) is 0 Å². The van der Waals surface area contributed by atoms with Crippen molar-refractivity contribution in [2.75, 3.05) is 0 Å². The number of nitrogens with zero attached hydrogens (tertiary/aromatic N) is 1. The molecule has 0 aromatic rings. The van der Waals surface area contributed by atoms with E-state index < -0.39 is 0 Å². The summed E-state index contributed by atoms with van der Waals surface area (Å²) in [5.41, 5.74) is 0. The molecule has 4 heteroatoms. The van der Waals surface area contributed by atoms with Crippen molar-refractivity contribution in [3.63, 3.8) is 0 Å². The van der Waals surface area contributed by atoms with Gasteiger partial charge in [0.15, 0.2) is 7.98 Å². The second-order valence-electron chi connectivity index (χ2n) is 0.665. The zero-order valence-corrected chi connectivity index (χ0v) is 4.91. The van der Waals surface area contributed by atoms with E-state index in [1.165, 1.54) is 0 Å². The highest BCUT2D eigenvalue weighted by Gasteiger charge is 1.60. The molecule has 0 aliphatic rings. The van der Waals surface area contributed by atoms with Gasteiger partial charge in [-0.15, -0.1) is 0 Å². The summed E-state index contributed by atoms with van der Waals surface area (Å²) in [5.74, 6) is 0. The number of hydrogen-bond acceptors (Lipinski definition) is 1. The fourth-order valence-corrected chi connectivity index (χ4v) is 0. The van der Waals surface area contributed by atoms with E-state index in [1.54, 1.807) is 0 Å². The fourth-order valence-electron chi connectivity index (χ4n) is 0. The molecule has 24 valence electrons. The zero-order chi connectivity index (χ0) is 3.58. The molecule has 0 fully saturated rings. The van der Waals surface area contributed by atoms with E-state index in [0.29, 0.717) is 0 Å². The Morgan fingerprint density at radius 2 is 1.50 bits per heavy atom. The Kier molecular flexibility index (Phi) is 2.62. The maximum absolute atomic E-state index is 2.45. The van der Waals surface area contributed by atoms with E-state index in [1.807, 2.05) is 12.3 Å². The molecule has 0 bridgehead atoms. The molecule has 0 radical (unpaired) electrons. The fraction of sp³-hybridized carbons (Fsp3) is 0. The molecule has 0 saturated heterocycles. The Morgan fingerprint density at radius 1 is 1.50 bits per heavy atom. The van der Waals surface area contributed by atoms with E-state index >= 15 is 0 Å². The summed E-state index contributed by atoms with van der Waals surface area (Å²) < 4.78 is 1.83. The SMILES string of the molecule is BN(P)P. The number of hydrogen-bond donors (Lipinski definition) is 0. The van der Waals surface area contributed by atoms with E-state index in [9.17, 15) is 0 Å². The third-order valence-electron chi connectivity index (χ3n) is 0. The minimum Gasteiger partial charge on any atom is -0.317 e. The molecule has 0 heterocycles. The lowest BCUT2D eigenvalue weighted by Crippen LogP contribution is -1.79. The summed E-state index contributed by atoms with van der Waals surface area (Å²) >= 11 is 0. The summed E-state index contributed by atoms with van der Waals surface area (Å²) in [6.07, 6.45) is 0. The monoisotopic (exact) mass is 93.0 g/mol. The summed E-state index contributed by atoms with van der Waals surface area (Å²) in [4.78, 5) is 0. The van der Waals surface area contributed by atoms with Gasteiger partial charge in [-0.3, -0.25) is 0 Å². The van der Waals surface area contributed by atoms with Crippen LogP contribution in [0.15, 0.2) is 0 Å². The second kappa shape index (κ2) is 2.14. The Bertz CT molecular complexity index is 10.8. The zero-order valence-electron chi connectivity index (χ0n) is 2.60. The minimum absolute atomic E-state index is 1.83. The predicted octanol–water partition coefficient (Wildman–Crippen LogP) is -0.583. The summed E-state index contributed by atoms with van der Waals surface area (Å²) in [7, 11) is 6.83. The molecule has 0 aromatic heterocycles. The first kappa shape index (κ1) is 4.88. The second-order valence-corrected chi connectivity index (χ2v) is 2.89. The van der Waals surface area contributed by atoms with Crippen molar-refractivity contribution < 1.29 is 0 Å². The highest BCUT2D eigenvalue weighted by atomic mass is 31.1. The Labute approximate surface area is 32.1 Å². The van der Waals surface area contributed by atoms with Crippen LogP contribution in [-0.2, 0) is 0 Å². The van der Waals surface area contributed by atoms with Crippen molar-refractivity contribution >= 4 is 26.8 Å². The van der Waals surface area contributed by atoms with Crippen LogP contribution in [0.5, 0.6) is 0 Å². The van der Waals surface area contributed by atoms with Crippen LogP contribution in [0.2, 0.25) is 0 Å². The average molecular weight is 92.8 g/mol. The third-order valence-corrected chi connectivity index (χ3v) is 0. The summed E-state index contributed by atoms with van der Waals surface area (Å²) in [5, 5.41) is 0. The van der Waals surface area contributed by atoms with Crippen molar-refractivity contribution in [1.82, 2.24) is 4.35 Å². The molecule has 2 atom stereocenters. The normalized spacial score (nSPS) is 8.75. The molecule has 0 N–H and O–H groups in total. The van der Waals surface area contributed by atoms with Crippen LogP contribution in [0.4, 0.5) is 0 Å². The van der Waals surface area contributed by atoms with Gasteiger partial charge in [-0.25, -0.2) is 0 Å². The number of rotatable bonds is 0. The van der Waals surface area contributed by atoms with Gasteiger partial charge in [0, 0.05) is 0 Å². The Balaban J connectivity index is 2.32. The van der Waals surface area contributed by atoms with Crippen LogP contribution >= 0.6 is 18.8 Å². The third kappa shape index (κ3) is 13.1. The van der Waals surface area contributed by atoms with E-state index in [2.05, 4.69) is 18.8 Å². The lowest BCUT2D eigenvalue weighted by Gasteiger charge is -1.89.